The number of hydrogen-bond donors (Lipinski definition) is 2. The van der Waals surface area contributed by atoms with Crippen LogP contribution in [0, 0.1) is 0 Å². The molecular formula is C18H18Cl3N5. The smallest absolute Gasteiger partial charge is 0.205 e. The van der Waals surface area contributed by atoms with E-state index in [1.807, 2.05) is 18.2 Å². The highest BCUT2D eigenvalue weighted by Crippen LogP contribution is 2.22. The van der Waals surface area contributed by atoms with Gasteiger partial charge in [0.1, 0.15) is 5.15 Å². The first-order valence-electron chi connectivity index (χ1n) is 8.52. The number of rotatable bonds is 4. The summed E-state index contributed by atoms with van der Waals surface area (Å²) in [7, 11) is 0. The van der Waals surface area contributed by atoms with Gasteiger partial charge in [-0.2, -0.15) is 4.98 Å². The van der Waals surface area contributed by atoms with Gasteiger partial charge in [0, 0.05) is 35.7 Å². The first-order valence-corrected chi connectivity index (χ1v) is 9.66. The first-order chi connectivity index (χ1) is 12.6. The predicted molar refractivity (Wildman–Crippen MR) is 107 cm³/mol. The van der Waals surface area contributed by atoms with Crippen LogP contribution in [0.4, 0.5) is 5.95 Å². The summed E-state index contributed by atoms with van der Waals surface area (Å²) in [4.78, 5) is 14.4. The number of hydrogen-bond acceptors (Lipinski definition) is 4. The number of pyridine rings is 1. The standard InChI is InChI=1S/C18H18Cl3N5/c19-12-6-11(7-13(20)8-12)9-22-14-2-1-5-26(10-14)18-23-15-3-4-16(21)24-17(15)25-18/h3-4,6-8,14,22H,1-2,5,9-10H2,(H,23,24,25)/t14-/m0/s1. The third-order valence-corrected chi connectivity index (χ3v) is 5.18. The fourth-order valence-electron chi connectivity index (χ4n) is 3.32. The maximum absolute atomic E-state index is 6.08. The van der Waals surface area contributed by atoms with Gasteiger partial charge in [0.25, 0.3) is 0 Å². The Morgan fingerprint density at radius 3 is 2.73 bits per heavy atom. The number of aromatic nitrogens is 3. The van der Waals surface area contributed by atoms with Crippen molar-refractivity contribution in [2.45, 2.75) is 25.4 Å². The van der Waals surface area contributed by atoms with Crippen LogP contribution in [0.2, 0.25) is 15.2 Å². The zero-order valence-corrected chi connectivity index (χ0v) is 16.2. The summed E-state index contributed by atoms with van der Waals surface area (Å²) in [6.45, 7) is 2.58. The van der Waals surface area contributed by atoms with Crippen molar-refractivity contribution in [3.8, 4) is 0 Å². The van der Waals surface area contributed by atoms with Gasteiger partial charge in [0.15, 0.2) is 5.65 Å². The van der Waals surface area contributed by atoms with Crippen molar-refractivity contribution < 1.29 is 0 Å². The van der Waals surface area contributed by atoms with Crippen molar-refractivity contribution in [1.82, 2.24) is 20.3 Å². The van der Waals surface area contributed by atoms with Gasteiger partial charge in [-0.1, -0.05) is 34.8 Å². The average Bonchev–Trinajstić information content (AvgIpc) is 3.03. The van der Waals surface area contributed by atoms with E-state index in [2.05, 4.69) is 25.2 Å². The Bertz CT molecular complexity index is 906. The maximum atomic E-state index is 6.08. The summed E-state index contributed by atoms with van der Waals surface area (Å²) in [5.41, 5.74) is 2.63. The molecule has 0 spiro atoms. The molecule has 2 aromatic heterocycles. The first kappa shape index (κ1) is 17.9. The minimum Gasteiger partial charge on any atom is -0.341 e. The van der Waals surface area contributed by atoms with E-state index in [0.717, 1.165) is 49.5 Å². The highest BCUT2D eigenvalue weighted by molar-refractivity contribution is 6.34. The Morgan fingerprint density at radius 2 is 1.92 bits per heavy atom. The number of imidazole rings is 1. The minimum absolute atomic E-state index is 0.367. The molecule has 3 heterocycles. The fourth-order valence-corrected chi connectivity index (χ4v) is 4.03. The molecule has 8 heteroatoms. The topological polar surface area (TPSA) is 56.8 Å². The highest BCUT2D eigenvalue weighted by Gasteiger charge is 2.22. The largest absolute Gasteiger partial charge is 0.341 e. The number of H-pyrrole nitrogens is 1. The van der Waals surface area contributed by atoms with Gasteiger partial charge in [0.2, 0.25) is 5.95 Å². The molecule has 4 rings (SSSR count). The van der Waals surface area contributed by atoms with E-state index in [9.17, 15) is 0 Å². The SMILES string of the molecule is Clc1cc(Cl)cc(CN[C@H]2CCCN(c3nc4nc(Cl)ccc4[nH]3)C2)c1. The molecule has 0 saturated carbocycles. The number of aromatic amines is 1. The summed E-state index contributed by atoms with van der Waals surface area (Å²) < 4.78 is 0. The lowest BCUT2D eigenvalue weighted by molar-refractivity contribution is 0.419. The van der Waals surface area contributed by atoms with Crippen molar-refractivity contribution in [2.75, 3.05) is 18.0 Å². The maximum Gasteiger partial charge on any atom is 0.205 e. The lowest BCUT2D eigenvalue weighted by Gasteiger charge is -2.33. The molecule has 1 atom stereocenters. The normalized spacial score (nSPS) is 17.8. The molecule has 3 aromatic rings. The van der Waals surface area contributed by atoms with Crippen LogP contribution in [0.5, 0.6) is 0 Å². The van der Waals surface area contributed by atoms with Crippen molar-refractivity contribution >= 4 is 51.9 Å². The molecule has 0 bridgehead atoms. The lowest BCUT2D eigenvalue weighted by atomic mass is 10.1. The van der Waals surface area contributed by atoms with Crippen LogP contribution in [-0.2, 0) is 6.54 Å². The zero-order valence-electron chi connectivity index (χ0n) is 14.0. The molecule has 0 radical (unpaired) electrons. The molecule has 136 valence electrons. The van der Waals surface area contributed by atoms with Gasteiger partial charge >= 0.3 is 0 Å². The second kappa shape index (κ2) is 7.61. The molecule has 1 saturated heterocycles. The van der Waals surface area contributed by atoms with Crippen LogP contribution >= 0.6 is 34.8 Å². The van der Waals surface area contributed by atoms with Crippen LogP contribution in [-0.4, -0.2) is 34.1 Å². The van der Waals surface area contributed by atoms with E-state index in [-0.39, 0.29) is 0 Å². The fraction of sp³-hybridized carbons (Fsp3) is 0.333. The molecule has 1 aliphatic rings. The molecule has 0 amide bonds. The van der Waals surface area contributed by atoms with Gasteiger partial charge < -0.3 is 15.2 Å². The summed E-state index contributed by atoms with van der Waals surface area (Å²) in [6, 6.07) is 9.67. The minimum atomic E-state index is 0.367. The lowest BCUT2D eigenvalue weighted by Crippen LogP contribution is -2.45. The molecule has 2 N–H and O–H groups in total. The molecule has 5 nitrogen and oxygen atoms in total. The van der Waals surface area contributed by atoms with Crippen LogP contribution < -0.4 is 10.2 Å². The van der Waals surface area contributed by atoms with Crippen molar-refractivity contribution in [2.24, 2.45) is 0 Å². The van der Waals surface area contributed by atoms with E-state index in [1.54, 1.807) is 12.1 Å². The van der Waals surface area contributed by atoms with Crippen LogP contribution in [0.3, 0.4) is 0 Å². The van der Waals surface area contributed by atoms with Gasteiger partial charge in [0.05, 0.1) is 5.52 Å². The second-order valence-corrected chi connectivity index (χ2v) is 7.77. The van der Waals surface area contributed by atoms with Gasteiger partial charge in [-0.25, -0.2) is 4.98 Å². The summed E-state index contributed by atoms with van der Waals surface area (Å²) in [5, 5.41) is 5.37. The van der Waals surface area contributed by atoms with Crippen LogP contribution in [0.15, 0.2) is 30.3 Å². The van der Waals surface area contributed by atoms with E-state index >= 15 is 0 Å². The van der Waals surface area contributed by atoms with Crippen molar-refractivity contribution in [3.63, 3.8) is 0 Å². The van der Waals surface area contributed by atoms with Gasteiger partial charge in [-0.15, -0.1) is 0 Å². The van der Waals surface area contributed by atoms with Crippen molar-refractivity contribution in [3.05, 3.63) is 51.1 Å². The monoisotopic (exact) mass is 409 g/mol. The van der Waals surface area contributed by atoms with Crippen molar-refractivity contribution in [1.29, 1.82) is 0 Å². The molecule has 26 heavy (non-hydrogen) atoms. The Balaban J connectivity index is 1.43. The number of nitrogens with zero attached hydrogens (tertiary/aromatic N) is 3. The van der Waals surface area contributed by atoms with E-state index in [4.69, 9.17) is 34.8 Å². The molecule has 1 fully saturated rings. The number of piperidine rings is 1. The molecule has 0 unspecified atom stereocenters. The quantitative estimate of drug-likeness (QED) is 0.613. The van der Waals surface area contributed by atoms with E-state index in [0.29, 0.717) is 26.9 Å². The molecule has 0 aliphatic carbocycles. The Labute approximate surface area is 166 Å². The molecule has 1 aliphatic heterocycles. The van der Waals surface area contributed by atoms with Gasteiger partial charge in [-0.05, 0) is 48.7 Å². The second-order valence-electron chi connectivity index (χ2n) is 6.51. The number of halogens is 3. The molecular weight excluding hydrogens is 393 g/mol. The highest BCUT2D eigenvalue weighted by atomic mass is 35.5. The zero-order chi connectivity index (χ0) is 18.1. The third kappa shape index (κ3) is 4.07. The van der Waals surface area contributed by atoms with E-state index in [1.165, 1.54) is 0 Å². The summed E-state index contributed by atoms with van der Waals surface area (Å²) in [6.07, 6.45) is 2.22. The number of benzene rings is 1. The van der Waals surface area contributed by atoms with Gasteiger partial charge in [-0.3, -0.25) is 0 Å². The number of fused-ring (bicyclic) bond motifs is 1. The Morgan fingerprint density at radius 1 is 1.12 bits per heavy atom. The average molecular weight is 411 g/mol. The summed E-state index contributed by atoms with van der Waals surface area (Å²) in [5.74, 6) is 0.840. The number of anilines is 1. The summed E-state index contributed by atoms with van der Waals surface area (Å²) >= 11 is 18.1. The Hall–Kier alpha value is -1.53. The van der Waals surface area contributed by atoms with Crippen LogP contribution in [0.25, 0.3) is 11.2 Å². The van der Waals surface area contributed by atoms with Crippen LogP contribution in [0.1, 0.15) is 18.4 Å². The van der Waals surface area contributed by atoms with E-state index < -0.39 is 0 Å². The number of nitrogens with one attached hydrogen (secondary N) is 2. The third-order valence-electron chi connectivity index (χ3n) is 4.54. The predicted octanol–water partition coefficient (Wildman–Crippen LogP) is 4.68. The molecule has 1 aromatic carbocycles. The Kier molecular flexibility index (Phi) is 5.23.